The van der Waals surface area contributed by atoms with Gasteiger partial charge in [0.2, 0.25) is 0 Å². The average Bonchev–Trinajstić information content (AvgIpc) is 2.46. The van der Waals surface area contributed by atoms with Gasteiger partial charge in [0.15, 0.2) is 6.10 Å². The summed E-state index contributed by atoms with van der Waals surface area (Å²) in [7, 11) is 0. The lowest BCUT2D eigenvalue weighted by atomic mass is 10.2. The van der Waals surface area contributed by atoms with Crippen molar-refractivity contribution in [2.75, 3.05) is 5.32 Å². The van der Waals surface area contributed by atoms with E-state index in [9.17, 15) is 9.18 Å². The minimum Gasteiger partial charge on any atom is -0.479 e. The van der Waals surface area contributed by atoms with Gasteiger partial charge in [-0.2, -0.15) is 0 Å². The molecule has 0 aromatic heterocycles. The van der Waals surface area contributed by atoms with Crippen LogP contribution in [0.2, 0.25) is 15.1 Å². The van der Waals surface area contributed by atoms with Crippen LogP contribution in [0, 0.1) is 5.82 Å². The summed E-state index contributed by atoms with van der Waals surface area (Å²) in [5.41, 5.74) is 0.0158. The summed E-state index contributed by atoms with van der Waals surface area (Å²) < 4.78 is 19.1. The normalized spacial score (nSPS) is 11.9. The second-order valence-corrected chi connectivity index (χ2v) is 5.65. The van der Waals surface area contributed by atoms with E-state index in [2.05, 4.69) is 5.32 Å². The fourth-order valence-electron chi connectivity index (χ4n) is 1.64. The van der Waals surface area contributed by atoms with Crippen molar-refractivity contribution in [2.45, 2.75) is 13.0 Å². The highest BCUT2D eigenvalue weighted by Crippen LogP contribution is 2.32. The fraction of sp³-hybridized carbons (Fsp3) is 0.133. The Morgan fingerprint density at radius 2 is 1.95 bits per heavy atom. The standard InChI is InChI=1S/C15H11Cl3FNO2/c1-8(22-13-4-2-3-10(17)14(13)18)15(21)20-12-6-5-9(16)7-11(12)19/h2-8H,1H3,(H,20,21). The van der Waals surface area contributed by atoms with Crippen molar-refractivity contribution in [3.63, 3.8) is 0 Å². The van der Waals surface area contributed by atoms with Crippen LogP contribution in [0.5, 0.6) is 5.75 Å². The van der Waals surface area contributed by atoms with Crippen LogP contribution in [0.1, 0.15) is 6.92 Å². The minimum absolute atomic E-state index is 0.0158. The van der Waals surface area contributed by atoms with Crippen molar-refractivity contribution < 1.29 is 13.9 Å². The molecule has 116 valence electrons. The predicted molar refractivity (Wildman–Crippen MR) is 86.6 cm³/mol. The van der Waals surface area contributed by atoms with Crippen molar-refractivity contribution in [2.24, 2.45) is 0 Å². The van der Waals surface area contributed by atoms with Gasteiger partial charge in [-0.05, 0) is 37.3 Å². The van der Waals surface area contributed by atoms with Crippen LogP contribution in [0.3, 0.4) is 0 Å². The first-order chi connectivity index (χ1) is 10.4. The van der Waals surface area contributed by atoms with E-state index in [-0.39, 0.29) is 21.5 Å². The quantitative estimate of drug-likeness (QED) is 0.812. The van der Waals surface area contributed by atoms with Gasteiger partial charge < -0.3 is 10.1 Å². The SMILES string of the molecule is CC(Oc1cccc(Cl)c1Cl)C(=O)Nc1ccc(Cl)cc1F. The van der Waals surface area contributed by atoms with Crippen LogP contribution in [0.25, 0.3) is 0 Å². The van der Waals surface area contributed by atoms with E-state index in [0.717, 1.165) is 6.07 Å². The molecule has 1 N–H and O–H groups in total. The summed E-state index contributed by atoms with van der Waals surface area (Å²) in [6.45, 7) is 1.51. The minimum atomic E-state index is -0.897. The van der Waals surface area contributed by atoms with Crippen molar-refractivity contribution in [1.82, 2.24) is 0 Å². The molecular formula is C15H11Cl3FNO2. The molecule has 0 radical (unpaired) electrons. The lowest BCUT2D eigenvalue weighted by Crippen LogP contribution is -2.30. The summed E-state index contributed by atoms with van der Waals surface area (Å²) >= 11 is 17.5. The van der Waals surface area contributed by atoms with E-state index in [1.54, 1.807) is 18.2 Å². The third-order valence-corrected chi connectivity index (χ3v) is 3.81. The maximum atomic E-state index is 13.6. The van der Waals surface area contributed by atoms with Crippen LogP contribution < -0.4 is 10.1 Å². The van der Waals surface area contributed by atoms with Gasteiger partial charge in [0.1, 0.15) is 16.6 Å². The molecular weight excluding hydrogens is 352 g/mol. The third-order valence-electron chi connectivity index (χ3n) is 2.78. The Morgan fingerprint density at radius 1 is 1.23 bits per heavy atom. The highest BCUT2D eigenvalue weighted by molar-refractivity contribution is 6.42. The Hall–Kier alpha value is -1.49. The van der Waals surface area contributed by atoms with Crippen molar-refractivity contribution in [1.29, 1.82) is 0 Å². The van der Waals surface area contributed by atoms with Crippen LogP contribution in [0.15, 0.2) is 36.4 Å². The maximum absolute atomic E-state index is 13.6. The molecule has 0 saturated carbocycles. The molecule has 0 spiro atoms. The first-order valence-corrected chi connectivity index (χ1v) is 7.38. The van der Waals surface area contributed by atoms with E-state index in [4.69, 9.17) is 39.5 Å². The number of amides is 1. The second-order valence-electron chi connectivity index (χ2n) is 4.43. The molecule has 1 amide bonds. The zero-order chi connectivity index (χ0) is 16.3. The van der Waals surface area contributed by atoms with Gasteiger partial charge in [-0.25, -0.2) is 4.39 Å². The van der Waals surface area contributed by atoms with Gasteiger partial charge in [0, 0.05) is 5.02 Å². The molecule has 2 rings (SSSR count). The molecule has 0 bridgehead atoms. The van der Waals surface area contributed by atoms with Crippen LogP contribution in [-0.4, -0.2) is 12.0 Å². The number of anilines is 1. The van der Waals surface area contributed by atoms with Crippen LogP contribution in [-0.2, 0) is 4.79 Å². The molecule has 0 aliphatic heterocycles. The molecule has 0 saturated heterocycles. The number of hydrogen-bond acceptors (Lipinski definition) is 2. The Balaban J connectivity index is 2.07. The summed E-state index contributed by atoms with van der Waals surface area (Å²) in [4.78, 5) is 12.0. The summed E-state index contributed by atoms with van der Waals surface area (Å²) in [5.74, 6) is -0.889. The molecule has 3 nitrogen and oxygen atoms in total. The summed E-state index contributed by atoms with van der Waals surface area (Å²) in [6.07, 6.45) is -0.897. The molecule has 2 aromatic rings. The predicted octanol–water partition coefficient (Wildman–Crippen LogP) is 5.19. The first-order valence-electron chi connectivity index (χ1n) is 6.25. The lowest BCUT2D eigenvalue weighted by molar-refractivity contribution is -0.122. The molecule has 2 aromatic carbocycles. The Bertz CT molecular complexity index is 709. The van der Waals surface area contributed by atoms with Crippen LogP contribution in [0.4, 0.5) is 10.1 Å². The van der Waals surface area contributed by atoms with Gasteiger partial charge in [0.05, 0.1) is 10.7 Å². The molecule has 1 unspecified atom stereocenters. The second kappa shape index (κ2) is 7.18. The largest absolute Gasteiger partial charge is 0.479 e. The van der Waals surface area contributed by atoms with Crippen molar-refractivity contribution in [3.05, 3.63) is 57.3 Å². The molecule has 0 aliphatic rings. The molecule has 22 heavy (non-hydrogen) atoms. The molecule has 1 atom stereocenters. The first kappa shape index (κ1) is 16.9. The fourth-order valence-corrected chi connectivity index (χ4v) is 2.14. The molecule has 0 heterocycles. The van der Waals surface area contributed by atoms with Crippen molar-refractivity contribution >= 4 is 46.4 Å². The highest BCUT2D eigenvalue weighted by Gasteiger charge is 2.18. The van der Waals surface area contributed by atoms with Crippen LogP contribution >= 0.6 is 34.8 Å². The highest BCUT2D eigenvalue weighted by atomic mass is 35.5. The zero-order valence-electron chi connectivity index (χ0n) is 11.4. The van der Waals surface area contributed by atoms with E-state index in [0.29, 0.717) is 5.02 Å². The number of benzene rings is 2. The van der Waals surface area contributed by atoms with E-state index < -0.39 is 17.8 Å². The summed E-state index contributed by atoms with van der Waals surface area (Å²) in [5, 5.41) is 3.18. The zero-order valence-corrected chi connectivity index (χ0v) is 13.6. The lowest BCUT2D eigenvalue weighted by Gasteiger charge is -2.16. The Morgan fingerprint density at radius 3 is 2.64 bits per heavy atom. The number of nitrogens with one attached hydrogen (secondary N) is 1. The summed E-state index contributed by atoms with van der Waals surface area (Å²) in [6, 6.07) is 8.78. The van der Waals surface area contributed by atoms with Gasteiger partial charge in [-0.1, -0.05) is 40.9 Å². The molecule has 7 heteroatoms. The third kappa shape index (κ3) is 4.03. The maximum Gasteiger partial charge on any atom is 0.265 e. The number of halogens is 4. The number of ether oxygens (including phenoxy) is 1. The number of hydrogen-bond donors (Lipinski definition) is 1. The van der Waals surface area contributed by atoms with Crippen molar-refractivity contribution in [3.8, 4) is 5.75 Å². The Kier molecular flexibility index (Phi) is 5.51. The topological polar surface area (TPSA) is 38.3 Å². The smallest absolute Gasteiger partial charge is 0.265 e. The van der Waals surface area contributed by atoms with Gasteiger partial charge in [-0.3, -0.25) is 4.79 Å². The monoisotopic (exact) mass is 361 g/mol. The van der Waals surface area contributed by atoms with E-state index >= 15 is 0 Å². The van der Waals surface area contributed by atoms with Gasteiger partial charge in [0.25, 0.3) is 5.91 Å². The van der Waals surface area contributed by atoms with E-state index in [1.165, 1.54) is 19.1 Å². The Labute approximate surface area is 141 Å². The number of rotatable bonds is 4. The van der Waals surface area contributed by atoms with E-state index in [1.807, 2.05) is 0 Å². The molecule has 0 aliphatic carbocycles. The average molecular weight is 363 g/mol. The molecule has 0 fully saturated rings. The van der Waals surface area contributed by atoms with Gasteiger partial charge in [-0.15, -0.1) is 0 Å². The number of carbonyl (C=O) groups is 1. The van der Waals surface area contributed by atoms with Gasteiger partial charge >= 0.3 is 0 Å². The number of carbonyl (C=O) groups excluding carboxylic acids is 1.